The summed E-state index contributed by atoms with van der Waals surface area (Å²) in [5, 5.41) is 8.47. The molecule has 21 heavy (non-hydrogen) atoms. The smallest absolute Gasteiger partial charge is 0.303 e. The average molecular weight is 299 g/mol. The topological polar surface area (TPSA) is 127 Å². The van der Waals surface area contributed by atoms with E-state index in [1.54, 1.807) is 6.92 Å². The van der Waals surface area contributed by atoms with Gasteiger partial charge in [-0.3, -0.25) is 19.3 Å². The molecule has 1 rings (SSSR count). The molecule has 0 aromatic carbocycles. The fourth-order valence-corrected chi connectivity index (χ4v) is 1.99. The van der Waals surface area contributed by atoms with E-state index < -0.39 is 12.1 Å². The van der Waals surface area contributed by atoms with Gasteiger partial charge in [0.15, 0.2) is 0 Å². The number of carboxylic acid groups (broad SMARTS) is 1. The van der Waals surface area contributed by atoms with Gasteiger partial charge < -0.3 is 16.6 Å². The molecule has 7 heteroatoms. The van der Waals surface area contributed by atoms with Crippen LogP contribution in [0.3, 0.4) is 0 Å². The normalized spacial score (nSPS) is 16.8. The van der Waals surface area contributed by atoms with Crippen molar-refractivity contribution in [3.63, 3.8) is 0 Å². The van der Waals surface area contributed by atoms with E-state index in [-0.39, 0.29) is 24.2 Å². The second-order valence-electron chi connectivity index (χ2n) is 5.45. The van der Waals surface area contributed by atoms with Gasteiger partial charge in [-0.1, -0.05) is 13.8 Å². The van der Waals surface area contributed by atoms with Crippen LogP contribution in [0.15, 0.2) is 12.2 Å². The second-order valence-corrected chi connectivity index (χ2v) is 5.45. The molecule has 2 atom stereocenters. The Morgan fingerprint density at radius 2 is 1.71 bits per heavy atom. The van der Waals surface area contributed by atoms with Gasteiger partial charge in [0, 0.05) is 18.6 Å². The molecule has 0 bridgehead atoms. The molecule has 0 fully saturated rings. The third-order valence-corrected chi connectivity index (χ3v) is 2.85. The van der Waals surface area contributed by atoms with Gasteiger partial charge in [-0.15, -0.1) is 0 Å². The van der Waals surface area contributed by atoms with E-state index in [1.807, 2.05) is 0 Å². The first-order valence-electron chi connectivity index (χ1n) is 6.91. The Kier molecular flexibility index (Phi) is 8.49. The molecule has 0 radical (unpaired) electrons. The zero-order chi connectivity index (χ0) is 16.6. The second kappa shape index (κ2) is 9.25. The van der Waals surface area contributed by atoms with Gasteiger partial charge in [0.1, 0.15) is 0 Å². The van der Waals surface area contributed by atoms with E-state index in [0.717, 1.165) is 11.3 Å². The van der Waals surface area contributed by atoms with Crippen LogP contribution < -0.4 is 11.5 Å². The number of carboxylic acids is 1. The molecule has 1 heterocycles. The Morgan fingerprint density at radius 1 is 1.24 bits per heavy atom. The summed E-state index contributed by atoms with van der Waals surface area (Å²) in [5.41, 5.74) is 10.7. The molecule has 0 aliphatic carbocycles. The number of aliphatic carboxylic acids is 1. The van der Waals surface area contributed by atoms with Crippen LogP contribution in [-0.2, 0) is 14.4 Å². The number of hydrogen-bond donors (Lipinski definition) is 3. The molecular formula is C14H25N3O4. The minimum absolute atomic E-state index is 0.146. The fraction of sp³-hybridized carbons (Fsp3) is 0.643. The molecule has 0 aromatic heterocycles. The molecule has 0 aromatic rings. The number of imide groups is 1. The maximum atomic E-state index is 10.8. The molecule has 0 saturated heterocycles. The Hall–Kier alpha value is -1.73. The molecule has 7 nitrogen and oxygen atoms in total. The van der Waals surface area contributed by atoms with Crippen molar-refractivity contribution in [1.82, 2.24) is 4.90 Å². The largest absolute Gasteiger partial charge is 0.481 e. The van der Waals surface area contributed by atoms with Crippen molar-refractivity contribution < 1.29 is 19.5 Å². The van der Waals surface area contributed by atoms with E-state index in [0.29, 0.717) is 12.5 Å². The summed E-state index contributed by atoms with van der Waals surface area (Å²) >= 11 is 0. The number of rotatable bonds is 6. The lowest BCUT2D eigenvalue weighted by Gasteiger charge is -2.17. The quantitative estimate of drug-likeness (QED) is 0.605. The average Bonchev–Trinajstić information content (AvgIpc) is 2.67. The molecule has 5 N–H and O–H groups in total. The Morgan fingerprint density at radius 3 is 1.95 bits per heavy atom. The highest BCUT2D eigenvalue weighted by atomic mass is 16.4. The van der Waals surface area contributed by atoms with Crippen LogP contribution in [-0.4, -0.2) is 40.5 Å². The summed E-state index contributed by atoms with van der Waals surface area (Å²) in [5.74, 6) is -0.739. The molecule has 0 saturated carbocycles. The molecule has 0 spiro atoms. The van der Waals surface area contributed by atoms with Crippen LogP contribution in [0.5, 0.6) is 0 Å². The van der Waals surface area contributed by atoms with Crippen LogP contribution >= 0.6 is 0 Å². The number of nitrogens with zero attached hydrogens (tertiary/aromatic N) is 1. The third kappa shape index (κ3) is 7.57. The number of hydrogen-bond acceptors (Lipinski definition) is 5. The van der Waals surface area contributed by atoms with Crippen molar-refractivity contribution in [3.05, 3.63) is 12.2 Å². The van der Waals surface area contributed by atoms with E-state index >= 15 is 0 Å². The van der Waals surface area contributed by atoms with Crippen LogP contribution in [0.2, 0.25) is 0 Å². The Bertz CT molecular complexity index is 387. The van der Waals surface area contributed by atoms with Crippen LogP contribution in [0.25, 0.3) is 0 Å². The van der Waals surface area contributed by atoms with Crippen molar-refractivity contribution in [2.24, 2.45) is 23.3 Å². The van der Waals surface area contributed by atoms with Gasteiger partial charge in [-0.25, -0.2) is 0 Å². The van der Waals surface area contributed by atoms with Gasteiger partial charge >= 0.3 is 5.97 Å². The van der Waals surface area contributed by atoms with E-state index in [2.05, 4.69) is 13.8 Å². The first kappa shape index (κ1) is 19.3. The number of carbonyl (C=O) groups excluding carboxylic acids is 2. The zero-order valence-corrected chi connectivity index (χ0v) is 12.8. The summed E-state index contributed by atoms with van der Waals surface area (Å²) in [7, 11) is 0. The Labute approximate surface area is 125 Å². The summed E-state index contributed by atoms with van der Waals surface area (Å²) < 4.78 is 0. The predicted molar refractivity (Wildman–Crippen MR) is 78.9 cm³/mol. The summed E-state index contributed by atoms with van der Waals surface area (Å²) in [6.45, 7) is 6.21. The van der Waals surface area contributed by atoms with Crippen molar-refractivity contribution in [1.29, 1.82) is 0 Å². The fourth-order valence-electron chi connectivity index (χ4n) is 1.99. The first-order chi connectivity index (χ1) is 9.68. The molecule has 1 aliphatic heterocycles. The van der Waals surface area contributed by atoms with Gasteiger partial charge in [0.25, 0.3) is 11.8 Å². The lowest BCUT2D eigenvalue weighted by Crippen LogP contribution is -2.43. The minimum atomic E-state index is -0.749. The number of amides is 2. The summed E-state index contributed by atoms with van der Waals surface area (Å²) in [6.07, 6.45) is 3.00. The van der Waals surface area contributed by atoms with Crippen molar-refractivity contribution >= 4 is 17.8 Å². The highest BCUT2D eigenvalue weighted by Crippen LogP contribution is 2.13. The number of nitrogens with two attached hydrogens (primary N) is 2. The maximum Gasteiger partial charge on any atom is 0.303 e. The van der Waals surface area contributed by atoms with Crippen molar-refractivity contribution in [2.45, 2.75) is 39.8 Å². The van der Waals surface area contributed by atoms with Crippen LogP contribution in [0, 0.1) is 11.8 Å². The standard InChI is InChI=1S/C8H17NO2.C6H8N2O2/c1-6(2)3-7(5-9)4-8(10)11;1-4(7)8-5(9)2-3-6(8)10/h6-7H,3-5,9H2,1-2H3,(H,10,11);2-4H,7H2,1H3/t7-;/m0./s1. The molecule has 1 unspecified atom stereocenters. The predicted octanol–water partition coefficient (Wildman–Crippen LogP) is 0.298. The number of carbonyl (C=O) groups is 3. The maximum absolute atomic E-state index is 10.8. The Balaban J connectivity index is 0.000000382. The molecule has 2 amide bonds. The highest BCUT2D eigenvalue weighted by Gasteiger charge is 2.25. The lowest BCUT2D eigenvalue weighted by atomic mass is 9.94. The lowest BCUT2D eigenvalue weighted by molar-refractivity contribution is -0.139. The van der Waals surface area contributed by atoms with Crippen molar-refractivity contribution in [3.8, 4) is 0 Å². The third-order valence-electron chi connectivity index (χ3n) is 2.85. The SMILES string of the molecule is CC(C)C[C@H](CN)CC(=O)O.CC(N)N1C(=O)C=CC1=O. The van der Waals surface area contributed by atoms with E-state index in [9.17, 15) is 14.4 Å². The van der Waals surface area contributed by atoms with Gasteiger partial charge in [-0.2, -0.15) is 0 Å². The molecular weight excluding hydrogens is 274 g/mol. The summed E-state index contributed by atoms with van der Waals surface area (Å²) in [6, 6.07) is 0. The first-order valence-corrected chi connectivity index (χ1v) is 6.91. The summed E-state index contributed by atoms with van der Waals surface area (Å²) in [4.78, 5) is 32.8. The van der Waals surface area contributed by atoms with Crippen molar-refractivity contribution in [2.75, 3.05) is 6.54 Å². The van der Waals surface area contributed by atoms with Crippen LogP contribution in [0.4, 0.5) is 0 Å². The van der Waals surface area contributed by atoms with E-state index in [1.165, 1.54) is 12.2 Å². The van der Waals surface area contributed by atoms with Crippen LogP contribution in [0.1, 0.15) is 33.6 Å². The monoisotopic (exact) mass is 299 g/mol. The van der Waals surface area contributed by atoms with E-state index in [4.69, 9.17) is 16.6 Å². The van der Waals surface area contributed by atoms with Gasteiger partial charge in [-0.05, 0) is 31.7 Å². The molecule has 120 valence electrons. The van der Waals surface area contributed by atoms with Gasteiger partial charge in [0.05, 0.1) is 6.17 Å². The highest BCUT2D eigenvalue weighted by molar-refractivity contribution is 6.13. The van der Waals surface area contributed by atoms with Gasteiger partial charge in [0.2, 0.25) is 0 Å². The zero-order valence-electron chi connectivity index (χ0n) is 12.8. The minimum Gasteiger partial charge on any atom is -0.481 e. The molecule has 1 aliphatic rings.